The minimum atomic E-state index is -0.463. The van der Waals surface area contributed by atoms with E-state index in [2.05, 4.69) is 0 Å². The molecule has 1 spiro atoms. The summed E-state index contributed by atoms with van der Waals surface area (Å²) in [5, 5.41) is 0. The van der Waals surface area contributed by atoms with Gasteiger partial charge in [0.15, 0.2) is 5.79 Å². The van der Waals surface area contributed by atoms with E-state index in [0.717, 1.165) is 0 Å². The summed E-state index contributed by atoms with van der Waals surface area (Å²) < 4.78 is 16.5. The van der Waals surface area contributed by atoms with Crippen LogP contribution < -0.4 is 10.5 Å². The number of nitrogens with two attached hydrogens (primary N) is 1. The number of carbonyl (C=O) groups is 1. The van der Waals surface area contributed by atoms with E-state index in [-0.39, 0.29) is 5.91 Å². The van der Waals surface area contributed by atoms with Gasteiger partial charge >= 0.3 is 0 Å². The number of amides is 1. The zero-order valence-electron chi connectivity index (χ0n) is 12.1. The lowest BCUT2D eigenvalue weighted by molar-refractivity contribution is -0.181. The Balaban J connectivity index is 1.69. The lowest BCUT2D eigenvalue weighted by atomic mass is 10.0. The van der Waals surface area contributed by atoms with E-state index in [1.54, 1.807) is 25.3 Å². The summed E-state index contributed by atoms with van der Waals surface area (Å²) in [6.45, 7) is 2.54. The molecule has 0 aromatic heterocycles. The Hall–Kier alpha value is -1.79. The molecule has 0 radical (unpaired) electrons. The van der Waals surface area contributed by atoms with Gasteiger partial charge in [0.05, 0.1) is 26.0 Å². The van der Waals surface area contributed by atoms with Crippen molar-refractivity contribution in [2.75, 3.05) is 39.1 Å². The number of ether oxygens (including phenoxy) is 3. The van der Waals surface area contributed by atoms with Gasteiger partial charge in [0.2, 0.25) is 0 Å². The Kier molecular flexibility index (Phi) is 3.73. The highest BCUT2D eigenvalue weighted by Crippen LogP contribution is 2.32. The second-order valence-electron chi connectivity index (χ2n) is 5.36. The van der Waals surface area contributed by atoms with Crippen molar-refractivity contribution < 1.29 is 19.0 Å². The van der Waals surface area contributed by atoms with Gasteiger partial charge in [0, 0.05) is 31.5 Å². The average molecular weight is 292 g/mol. The van der Waals surface area contributed by atoms with Crippen LogP contribution >= 0.6 is 0 Å². The lowest BCUT2D eigenvalue weighted by Gasteiger charge is -2.37. The van der Waals surface area contributed by atoms with Gasteiger partial charge < -0.3 is 24.8 Å². The van der Waals surface area contributed by atoms with E-state index in [0.29, 0.717) is 56.1 Å². The number of carbonyl (C=O) groups excluding carboxylic acids is 1. The summed E-state index contributed by atoms with van der Waals surface area (Å²) in [5.41, 5.74) is 6.89. The van der Waals surface area contributed by atoms with E-state index >= 15 is 0 Å². The first-order valence-corrected chi connectivity index (χ1v) is 7.14. The second-order valence-corrected chi connectivity index (χ2v) is 5.36. The maximum atomic E-state index is 12.5. The molecule has 2 fully saturated rings. The normalized spacial score (nSPS) is 20.7. The summed E-state index contributed by atoms with van der Waals surface area (Å²) in [6, 6.07) is 5.11. The van der Waals surface area contributed by atoms with Crippen LogP contribution in [0.5, 0.6) is 5.75 Å². The molecule has 0 saturated carbocycles. The predicted octanol–water partition coefficient (Wildman–Crippen LogP) is 1.26. The van der Waals surface area contributed by atoms with Crippen molar-refractivity contribution in [3.8, 4) is 5.75 Å². The lowest BCUT2D eigenvalue weighted by Crippen LogP contribution is -2.47. The highest BCUT2D eigenvalue weighted by molar-refractivity contribution is 5.95. The summed E-state index contributed by atoms with van der Waals surface area (Å²) in [5.74, 6) is 0.0493. The predicted molar refractivity (Wildman–Crippen MR) is 77.2 cm³/mol. The second kappa shape index (κ2) is 5.54. The van der Waals surface area contributed by atoms with Crippen LogP contribution in [0.3, 0.4) is 0 Å². The van der Waals surface area contributed by atoms with Gasteiger partial charge in [0.1, 0.15) is 5.75 Å². The molecule has 6 nitrogen and oxygen atoms in total. The maximum Gasteiger partial charge on any atom is 0.253 e. The van der Waals surface area contributed by atoms with Crippen LogP contribution in [-0.2, 0) is 9.47 Å². The highest BCUT2D eigenvalue weighted by atomic mass is 16.7. The number of methoxy groups -OCH3 is 1. The van der Waals surface area contributed by atoms with Gasteiger partial charge in [-0.15, -0.1) is 0 Å². The minimum Gasteiger partial charge on any atom is -0.495 e. The van der Waals surface area contributed by atoms with Crippen LogP contribution in [-0.4, -0.2) is 50.0 Å². The summed E-state index contributed by atoms with van der Waals surface area (Å²) >= 11 is 0. The molecular weight excluding hydrogens is 272 g/mol. The van der Waals surface area contributed by atoms with Crippen LogP contribution in [0.25, 0.3) is 0 Å². The molecule has 1 amide bonds. The molecule has 1 aromatic rings. The SMILES string of the molecule is COc1cc(C(=O)N2CCC3(CC2)OCCO3)ccc1N. The van der Waals surface area contributed by atoms with E-state index in [4.69, 9.17) is 19.9 Å². The fraction of sp³-hybridized carbons (Fsp3) is 0.533. The molecule has 21 heavy (non-hydrogen) atoms. The number of rotatable bonds is 2. The first-order chi connectivity index (χ1) is 10.1. The Morgan fingerprint density at radius 3 is 2.57 bits per heavy atom. The Morgan fingerprint density at radius 1 is 1.29 bits per heavy atom. The Morgan fingerprint density at radius 2 is 1.95 bits per heavy atom. The molecule has 2 N–H and O–H groups in total. The fourth-order valence-electron chi connectivity index (χ4n) is 2.86. The van der Waals surface area contributed by atoms with Crippen molar-refractivity contribution in [1.82, 2.24) is 4.90 Å². The third kappa shape index (κ3) is 2.69. The third-order valence-electron chi connectivity index (χ3n) is 4.11. The van der Waals surface area contributed by atoms with Gasteiger partial charge in [-0.2, -0.15) is 0 Å². The standard InChI is InChI=1S/C15H20N2O4/c1-19-13-10-11(2-3-12(13)16)14(18)17-6-4-15(5-7-17)20-8-9-21-15/h2-3,10H,4-9,16H2,1H3. The van der Waals surface area contributed by atoms with E-state index in [9.17, 15) is 4.79 Å². The molecule has 2 saturated heterocycles. The van der Waals surface area contributed by atoms with E-state index in [1.165, 1.54) is 0 Å². The summed E-state index contributed by atoms with van der Waals surface area (Å²) in [4.78, 5) is 14.4. The van der Waals surface area contributed by atoms with Gasteiger partial charge in [-0.1, -0.05) is 0 Å². The monoisotopic (exact) mass is 292 g/mol. The van der Waals surface area contributed by atoms with Crippen LogP contribution in [0.4, 0.5) is 5.69 Å². The quantitative estimate of drug-likeness (QED) is 0.831. The molecule has 3 rings (SSSR count). The number of hydrogen-bond acceptors (Lipinski definition) is 5. The van der Waals surface area contributed by atoms with Crippen molar-refractivity contribution in [3.63, 3.8) is 0 Å². The number of piperidine rings is 1. The third-order valence-corrected chi connectivity index (χ3v) is 4.11. The van der Waals surface area contributed by atoms with Gasteiger partial charge in [0.25, 0.3) is 5.91 Å². The van der Waals surface area contributed by atoms with Crippen LogP contribution in [0.1, 0.15) is 23.2 Å². The fourth-order valence-corrected chi connectivity index (χ4v) is 2.86. The van der Waals surface area contributed by atoms with Crippen LogP contribution in [0.2, 0.25) is 0 Å². The Bertz CT molecular complexity index is 530. The largest absolute Gasteiger partial charge is 0.495 e. The molecule has 0 atom stereocenters. The summed E-state index contributed by atoms with van der Waals surface area (Å²) in [7, 11) is 1.54. The molecule has 2 aliphatic heterocycles. The molecule has 2 aliphatic rings. The van der Waals surface area contributed by atoms with Crippen molar-refractivity contribution >= 4 is 11.6 Å². The van der Waals surface area contributed by atoms with Crippen molar-refractivity contribution in [2.45, 2.75) is 18.6 Å². The molecular formula is C15H20N2O4. The average Bonchev–Trinajstić information content (AvgIpc) is 2.96. The molecule has 0 aliphatic carbocycles. The minimum absolute atomic E-state index is 0.0128. The molecule has 0 unspecified atom stereocenters. The molecule has 2 heterocycles. The zero-order chi connectivity index (χ0) is 14.9. The molecule has 1 aromatic carbocycles. The van der Waals surface area contributed by atoms with Gasteiger partial charge in [-0.05, 0) is 18.2 Å². The van der Waals surface area contributed by atoms with Crippen molar-refractivity contribution in [1.29, 1.82) is 0 Å². The highest BCUT2D eigenvalue weighted by Gasteiger charge is 2.40. The van der Waals surface area contributed by atoms with Gasteiger partial charge in [-0.25, -0.2) is 0 Å². The summed E-state index contributed by atoms with van der Waals surface area (Å²) in [6.07, 6.45) is 1.43. The first-order valence-electron chi connectivity index (χ1n) is 7.14. The zero-order valence-corrected chi connectivity index (χ0v) is 12.1. The Labute approximate surface area is 123 Å². The first kappa shape index (κ1) is 14.2. The number of likely N-dealkylation sites (tertiary alicyclic amines) is 1. The molecule has 0 bridgehead atoms. The smallest absolute Gasteiger partial charge is 0.253 e. The van der Waals surface area contributed by atoms with Crippen molar-refractivity contribution in [3.05, 3.63) is 23.8 Å². The number of anilines is 1. The van der Waals surface area contributed by atoms with E-state index in [1.807, 2.05) is 4.90 Å². The van der Waals surface area contributed by atoms with E-state index < -0.39 is 5.79 Å². The van der Waals surface area contributed by atoms with Crippen LogP contribution in [0, 0.1) is 0 Å². The molecule has 114 valence electrons. The number of nitrogen functional groups attached to an aromatic ring is 1. The number of hydrogen-bond donors (Lipinski definition) is 1. The molecule has 6 heteroatoms. The number of nitrogens with zero attached hydrogens (tertiary/aromatic N) is 1. The topological polar surface area (TPSA) is 74.0 Å². The van der Waals surface area contributed by atoms with Gasteiger partial charge in [-0.3, -0.25) is 4.79 Å². The van der Waals surface area contributed by atoms with Crippen molar-refractivity contribution in [2.24, 2.45) is 0 Å². The maximum absolute atomic E-state index is 12.5. The number of benzene rings is 1. The van der Waals surface area contributed by atoms with Crippen LogP contribution in [0.15, 0.2) is 18.2 Å².